The lowest BCUT2D eigenvalue weighted by Crippen LogP contribution is -2.50. The molecule has 0 spiro atoms. The standard InChI is InChI=1S/C11H16N4O3/c16-10(8-15-3-1-2-12-15)14-6-4-13(5-7-14)9-11(17)18/h1-3H,4-9H2,(H,17,18). The molecule has 1 N–H and O–H groups in total. The molecule has 2 heterocycles. The van der Waals surface area contributed by atoms with Gasteiger partial charge in [-0.15, -0.1) is 0 Å². The van der Waals surface area contributed by atoms with Crippen LogP contribution in [0.2, 0.25) is 0 Å². The van der Waals surface area contributed by atoms with Crippen molar-refractivity contribution in [3.8, 4) is 0 Å². The Morgan fingerprint density at radius 3 is 2.44 bits per heavy atom. The number of amides is 1. The lowest BCUT2D eigenvalue weighted by Gasteiger charge is -2.33. The van der Waals surface area contributed by atoms with E-state index in [0.717, 1.165) is 0 Å². The second kappa shape index (κ2) is 5.63. The van der Waals surface area contributed by atoms with E-state index in [4.69, 9.17) is 5.11 Å². The Balaban J connectivity index is 1.79. The first-order valence-electron chi connectivity index (χ1n) is 5.84. The van der Waals surface area contributed by atoms with E-state index in [1.165, 1.54) is 0 Å². The van der Waals surface area contributed by atoms with Crippen molar-refractivity contribution in [1.82, 2.24) is 19.6 Å². The highest BCUT2D eigenvalue weighted by Crippen LogP contribution is 2.03. The highest BCUT2D eigenvalue weighted by molar-refractivity contribution is 5.76. The molecule has 1 amide bonds. The number of piperazine rings is 1. The van der Waals surface area contributed by atoms with Crippen LogP contribution in [-0.2, 0) is 16.1 Å². The molecule has 0 saturated carbocycles. The van der Waals surface area contributed by atoms with E-state index in [0.29, 0.717) is 26.2 Å². The molecule has 0 radical (unpaired) electrons. The van der Waals surface area contributed by atoms with Gasteiger partial charge in [0.2, 0.25) is 5.91 Å². The number of carboxylic acid groups (broad SMARTS) is 1. The molecule has 2 rings (SSSR count). The predicted octanol–water partition coefficient (Wildman–Crippen LogP) is -0.888. The molecule has 0 aliphatic carbocycles. The van der Waals surface area contributed by atoms with Crippen LogP contribution < -0.4 is 0 Å². The van der Waals surface area contributed by atoms with Gasteiger partial charge in [0.1, 0.15) is 6.54 Å². The molecule has 0 bridgehead atoms. The van der Waals surface area contributed by atoms with Crippen LogP contribution in [0.25, 0.3) is 0 Å². The van der Waals surface area contributed by atoms with Crippen LogP contribution in [0.15, 0.2) is 18.5 Å². The molecule has 0 atom stereocenters. The lowest BCUT2D eigenvalue weighted by atomic mass is 10.3. The molecule has 1 aliphatic heterocycles. The molecule has 1 aromatic rings. The van der Waals surface area contributed by atoms with Crippen LogP contribution in [-0.4, -0.2) is 69.3 Å². The van der Waals surface area contributed by atoms with Gasteiger partial charge in [-0.3, -0.25) is 19.2 Å². The van der Waals surface area contributed by atoms with Crippen molar-refractivity contribution < 1.29 is 14.7 Å². The summed E-state index contributed by atoms with van der Waals surface area (Å²) in [6.45, 7) is 2.65. The fourth-order valence-electron chi connectivity index (χ4n) is 1.98. The van der Waals surface area contributed by atoms with E-state index in [-0.39, 0.29) is 19.0 Å². The number of nitrogens with zero attached hydrogens (tertiary/aromatic N) is 4. The summed E-state index contributed by atoms with van der Waals surface area (Å²) in [5, 5.41) is 12.7. The summed E-state index contributed by atoms with van der Waals surface area (Å²) >= 11 is 0. The van der Waals surface area contributed by atoms with Crippen molar-refractivity contribution in [2.45, 2.75) is 6.54 Å². The lowest BCUT2D eigenvalue weighted by molar-refractivity contribution is -0.139. The Morgan fingerprint density at radius 1 is 1.17 bits per heavy atom. The fraction of sp³-hybridized carbons (Fsp3) is 0.545. The van der Waals surface area contributed by atoms with Crippen LogP contribution in [0.5, 0.6) is 0 Å². The minimum Gasteiger partial charge on any atom is -0.480 e. The van der Waals surface area contributed by atoms with Gasteiger partial charge in [0.25, 0.3) is 0 Å². The van der Waals surface area contributed by atoms with Crippen molar-refractivity contribution in [3.05, 3.63) is 18.5 Å². The first-order chi connectivity index (χ1) is 8.65. The average Bonchev–Trinajstić information content (AvgIpc) is 2.82. The van der Waals surface area contributed by atoms with Crippen LogP contribution in [0.4, 0.5) is 0 Å². The maximum absolute atomic E-state index is 11.9. The van der Waals surface area contributed by atoms with Crippen LogP contribution in [0, 0.1) is 0 Å². The molecule has 0 unspecified atom stereocenters. The normalized spacial score (nSPS) is 16.8. The summed E-state index contributed by atoms with van der Waals surface area (Å²) in [6, 6.07) is 1.78. The predicted molar refractivity (Wildman–Crippen MR) is 62.9 cm³/mol. The minimum atomic E-state index is -0.827. The Bertz CT molecular complexity index is 410. The molecule has 1 aromatic heterocycles. The van der Waals surface area contributed by atoms with Gasteiger partial charge in [0, 0.05) is 38.6 Å². The van der Waals surface area contributed by atoms with Gasteiger partial charge in [-0.1, -0.05) is 0 Å². The summed E-state index contributed by atoms with van der Waals surface area (Å²) in [5.41, 5.74) is 0. The minimum absolute atomic E-state index is 0.0219. The van der Waals surface area contributed by atoms with Gasteiger partial charge in [-0.05, 0) is 6.07 Å². The number of carbonyl (C=O) groups excluding carboxylic acids is 1. The number of rotatable bonds is 4. The summed E-state index contributed by atoms with van der Waals surface area (Å²) in [6.07, 6.45) is 3.39. The summed E-state index contributed by atoms with van der Waals surface area (Å²) in [4.78, 5) is 26.1. The maximum Gasteiger partial charge on any atom is 0.317 e. The average molecular weight is 252 g/mol. The third-order valence-electron chi connectivity index (χ3n) is 2.94. The smallest absolute Gasteiger partial charge is 0.317 e. The number of carbonyl (C=O) groups is 2. The van der Waals surface area contributed by atoms with E-state index in [1.807, 2.05) is 4.90 Å². The molecule has 98 valence electrons. The van der Waals surface area contributed by atoms with Crippen LogP contribution in [0.1, 0.15) is 0 Å². The van der Waals surface area contributed by atoms with E-state index < -0.39 is 5.97 Å². The molecule has 0 aromatic carbocycles. The number of aliphatic carboxylic acids is 1. The summed E-state index contributed by atoms with van der Waals surface area (Å²) < 4.78 is 1.59. The molecular formula is C11H16N4O3. The van der Waals surface area contributed by atoms with Crippen molar-refractivity contribution in [2.75, 3.05) is 32.7 Å². The van der Waals surface area contributed by atoms with Gasteiger partial charge in [0.05, 0.1) is 6.54 Å². The second-order valence-corrected chi connectivity index (χ2v) is 4.25. The number of carboxylic acids is 1. The monoisotopic (exact) mass is 252 g/mol. The second-order valence-electron chi connectivity index (χ2n) is 4.25. The topological polar surface area (TPSA) is 78.7 Å². The van der Waals surface area contributed by atoms with Crippen molar-refractivity contribution >= 4 is 11.9 Å². The molecule has 1 fully saturated rings. The van der Waals surface area contributed by atoms with Crippen molar-refractivity contribution in [1.29, 1.82) is 0 Å². The fourth-order valence-corrected chi connectivity index (χ4v) is 1.98. The Hall–Kier alpha value is -1.89. The molecule has 1 aliphatic rings. The SMILES string of the molecule is O=C(O)CN1CCN(C(=O)Cn2cccn2)CC1. The van der Waals surface area contributed by atoms with Gasteiger partial charge < -0.3 is 10.0 Å². The highest BCUT2D eigenvalue weighted by atomic mass is 16.4. The Morgan fingerprint density at radius 2 is 1.89 bits per heavy atom. The van der Waals surface area contributed by atoms with Crippen LogP contribution in [0.3, 0.4) is 0 Å². The number of hydrogen-bond acceptors (Lipinski definition) is 4. The van der Waals surface area contributed by atoms with Gasteiger partial charge in [-0.2, -0.15) is 5.10 Å². The van der Waals surface area contributed by atoms with Crippen molar-refractivity contribution in [2.24, 2.45) is 0 Å². The van der Waals surface area contributed by atoms with Crippen LogP contribution >= 0.6 is 0 Å². The molecule has 18 heavy (non-hydrogen) atoms. The van der Waals surface area contributed by atoms with Crippen molar-refractivity contribution in [3.63, 3.8) is 0 Å². The summed E-state index contributed by atoms with van der Waals surface area (Å²) in [5.74, 6) is -0.806. The molecule has 7 nitrogen and oxygen atoms in total. The first kappa shape index (κ1) is 12.6. The molecule has 7 heteroatoms. The zero-order chi connectivity index (χ0) is 13.0. The van der Waals surface area contributed by atoms with E-state index in [9.17, 15) is 9.59 Å². The third kappa shape index (κ3) is 3.30. The Labute approximate surface area is 105 Å². The van der Waals surface area contributed by atoms with E-state index in [1.54, 1.807) is 28.0 Å². The zero-order valence-electron chi connectivity index (χ0n) is 10.0. The number of aromatic nitrogens is 2. The summed E-state index contributed by atoms with van der Waals surface area (Å²) in [7, 11) is 0. The van der Waals surface area contributed by atoms with Gasteiger partial charge >= 0.3 is 5.97 Å². The quantitative estimate of drug-likeness (QED) is 0.752. The molecule has 1 saturated heterocycles. The highest BCUT2D eigenvalue weighted by Gasteiger charge is 2.22. The third-order valence-corrected chi connectivity index (χ3v) is 2.94. The zero-order valence-corrected chi connectivity index (χ0v) is 10.0. The number of hydrogen-bond donors (Lipinski definition) is 1. The largest absolute Gasteiger partial charge is 0.480 e. The molecular weight excluding hydrogens is 236 g/mol. The van der Waals surface area contributed by atoms with Gasteiger partial charge in [0.15, 0.2) is 0 Å². The maximum atomic E-state index is 11.9. The van der Waals surface area contributed by atoms with E-state index in [2.05, 4.69) is 5.10 Å². The first-order valence-corrected chi connectivity index (χ1v) is 5.84. The van der Waals surface area contributed by atoms with Gasteiger partial charge in [-0.25, -0.2) is 0 Å². The Kier molecular flexibility index (Phi) is 3.93. The van der Waals surface area contributed by atoms with E-state index >= 15 is 0 Å².